The van der Waals surface area contributed by atoms with Gasteiger partial charge < -0.3 is 18.9 Å². The fraction of sp³-hybridized carbons (Fsp3) is 0.375. The molecular formula is C16H20O8. The standard InChI is InChI=1S/C16H20O8/c1-5-7-13(17)21-11(3)23-15(19)9-10-16(20)24-12(4)22-14(18)8-6-2/h5-12H,1-4H3/b7-5?,8-6?,10-9-. The predicted octanol–water partition coefficient (Wildman–Crippen LogP) is 1.56. The van der Waals surface area contributed by atoms with Crippen molar-refractivity contribution in [3.05, 3.63) is 36.5 Å². The van der Waals surface area contributed by atoms with Crippen LogP contribution >= 0.6 is 0 Å². The highest BCUT2D eigenvalue weighted by atomic mass is 16.7. The lowest BCUT2D eigenvalue weighted by Gasteiger charge is -2.12. The molecule has 0 rings (SSSR count). The van der Waals surface area contributed by atoms with E-state index in [0.717, 1.165) is 24.3 Å². The number of hydrogen-bond donors (Lipinski definition) is 0. The molecule has 0 spiro atoms. The van der Waals surface area contributed by atoms with Crippen LogP contribution in [0.5, 0.6) is 0 Å². The molecule has 24 heavy (non-hydrogen) atoms. The van der Waals surface area contributed by atoms with Crippen LogP contribution in [0, 0.1) is 0 Å². The second-order valence-corrected chi connectivity index (χ2v) is 4.22. The molecule has 0 saturated heterocycles. The third-order valence-electron chi connectivity index (χ3n) is 2.09. The van der Waals surface area contributed by atoms with Crippen molar-refractivity contribution >= 4 is 23.9 Å². The van der Waals surface area contributed by atoms with Gasteiger partial charge in [-0.25, -0.2) is 19.2 Å². The van der Waals surface area contributed by atoms with Crippen LogP contribution in [0.2, 0.25) is 0 Å². The lowest BCUT2D eigenvalue weighted by atomic mass is 10.5. The van der Waals surface area contributed by atoms with Gasteiger partial charge in [-0.2, -0.15) is 0 Å². The van der Waals surface area contributed by atoms with E-state index in [4.69, 9.17) is 18.9 Å². The number of carbonyl (C=O) groups is 4. The third kappa shape index (κ3) is 10.8. The Hall–Kier alpha value is -2.90. The molecule has 0 aromatic rings. The van der Waals surface area contributed by atoms with Crippen molar-refractivity contribution in [3.63, 3.8) is 0 Å². The summed E-state index contributed by atoms with van der Waals surface area (Å²) < 4.78 is 18.9. The zero-order valence-electron chi connectivity index (χ0n) is 13.9. The number of carbonyl (C=O) groups excluding carboxylic acids is 4. The van der Waals surface area contributed by atoms with Gasteiger partial charge in [0.05, 0.1) is 0 Å². The van der Waals surface area contributed by atoms with Gasteiger partial charge in [-0.1, -0.05) is 12.2 Å². The largest absolute Gasteiger partial charge is 0.422 e. The van der Waals surface area contributed by atoms with E-state index in [1.807, 2.05) is 0 Å². The summed E-state index contributed by atoms with van der Waals surface area (Å²) in [5.41, 5.74) is 0. The molecule has 8 heteroatoms. The maximum atomic E-state index is 11.4. The molecule has 0 N–H and O–H groups in total. The van der Waals surface area contributed by atoms with E-state index >= 15 is 0 Å². The summed E-state index contributed by atoms with van der Waals surface area (Å²) in [6.07, 6.45) is 4.60. The van der Waals surface area contributed by atoms with Gasteiger partial charge in [-0.15, -0.1) is 0 Å². The number of ether oxygens (including phenoxy) is 4. The van der Waals surface area contributed by atoms with E-state index in [1.54, 1.807) is 13.8 Å². The molecule has 0 saturated carbocycles. The Morgan fingerprint density at radius 2 is 0.833 bits per heavy atom. The molecule has 2 unspecified atom stereocenters. The highest BCUT2D eigenvalue weighted by Crippen LogP contribution is 1.99. The summed E-state index contributed by atoms with van der Waals surface area (Å²) in [5, 5.41) is 0. The van der Waals surface area contributed by atoms with Gasteiger partial charge in [-0.3, -0.25) is 0 Å². The molecule has 0 aliphatic heterocycles. The van der Waals surface area contributed by atoms with E-state index in [-0.39, 0.29) is 0 Å². The van der Waals surface area contributed by atoms with E-state index in [9.17, 15) is 19.2 Å². The Balaban J connectivity index is 4.27. The van der Waals surface area contributed by atoms with Crippen molar-refractivity contribution in [3.8, 4) is 0 Å². The molecule has 132 valence electrons. The number of hydrogen-bond acceptors (Lipinski definition) is 8. The summed E-state index contributed by atoms with van der Waals surface area (Å²) in [6.45, 7) is 5.94. The molecule has 0 amide bonds. The number of esters is 4. The Morgan fingerprint density at radius 1 is 0.583 bits per heavy atom. The number of rotatable bonds is 8. The molecule has 2 atom stereocenters. The smallest absolute Gasteiger partial charge is 0.334 e. The van der Waals surface area contributed by atoms with E-state index in [0.29, 0.717) is 0 Å². The molecule has 0 fully saturated rings. The molecule has 0 aliphatic carbocycles. The first-order chi connectivity index (χ1) is 11.3. The summed E-state index contributed by atoms with van der Waals surface area (Å²) in [5.74, 6) is -3.16. The first-order valence-electron chi connectivity index (χ1n) is 7.04. The lowest BCUT2D eigenvalue weighted by molar-refractivity contribution is -0.180. The van der Waals surface area contributed by atoms with Crippen molar-refractivity contribution in [1.82, 2.24) is 0 Å². The summed E-state index contributed by atoms with van der Waals surface area (Å²) in [4.78, 5) is 45.1. The molecule has 0 radical (unpaired) electrons. The Morgan fingerprint density at radius 3 is 1.08 bits per heavy atom. The van der Waals surface area contributed by atoms with Crippen molar-refractivity contribution in [2.24, 2.45) is 0 Å². The van der Waals surface area contributed by atoms with Crippen LogP contribution in [0.1, 0.15) is 27.7 Å². The van der Waals surface area contributed by atoms with Gasteiger partial charge in [0.2, 0.25) is 12.6 Å². The molecule has 8 nitrogen and oxygen atoms in total. The summed E-state index contributed by atoms with van der Waals surface area (Å²) in [6, 6.07) is 0. The fourth-order valence-electron chi connectivity index (χ4n) is 1.27. The van der Waals surface area contributed by atoms with Gasteiger partial charge in [0.15, 0.2) is 0 Å². The highest BCUT2D eigenvalue weighted by Gasteiger charge is 2.13. The molecule has 0 bridgehead atoms. The minimum atomic E-state index is -1.12. The SMILES string of the molecule is CC=CC(=O)OC(C)OC(=O)/C=C\C(=O)OC(C)OC(=O)C=CC. The molecule has 0 aliphatic rings. The molecule has 0 aromatic carbocycles. The summed E-state index contributed by atoms with van der Waals surface area (Å²) in [7, 11) is 0. The van der Waals surface area contributed by atoms with E-state index < -0.39 is 36.5 Å². The van der Waals surface area contributed by atoms with Gasteiger partial charge in [0.1, 0.15) is 0 Å². The minimum absolute atomic E-state index is 0.669. The van der Waals surface area contributed by atoms with Crippen LogP contribution in [-0.2, 0) is 38.1 Å². The zero-order chi connectivity index (χ0) is 18.5. The van der Waals surface area contributed by atoms with Gasteiger partial charge in [0.25, 0.3) is 0 Å². The van der Waals surface area contributed by atoms with Crippen LogP contribution in [0.25, 0.3) is 0 Å². The Labute approximate surface area is 139 Å². The third-order valence-corrected chi connectivity index (χ3v) is 2.09. The van der Waals surface area contributed by atoms with Gasteiger partial charge in [0, 0.05) is 38.2 Å². The van der Waals surface area contributed by atoms with Crippen molar-refractivity contribution in [1.29, 1.82) is 0 Å². The molecule has 0 aromatic heterocycles. The second kappa shape index (κ2) is 11.6. The van der Waals surface area contributed by atoms with Crippen LogP contribution in [0.4, 0.5) is 0 Å². The van der Waals surface area contributed by atoms with E-state index in [2.05, 4.69) is 0 Å². The summed E-state index contributed by atoms with van der Waals surface area (Å²) >= 11 is 0. The van der Waals surface area contributed by atoms with Crippen LogP contribution in [-0.4, -0.2) is 36.5 Å². The fourth-order valence-corrected chi connectivity index (χ4v) is 1.27. The quantitative estimate of drug-likeness (QED) is 0.372. The van der Waals surface area contributed by atoms with E-state index in [1.165, 1.54) is 26.0 Å². The van der Waals surface area contributed by atoms with Gasteiger partial charge in [-0.05, 0) is 13.8 Å². The Kier molecular flexibility index (Phi) is 10.2. The van der Waals surface area contributed by atoms with Gasteiger partial charge >= 0.3 is 23.9 Å². The van der Waals surface area contributed by atoms with Crippen molar-refractivity contribution < 1.29 is 38.1 Å². The Bertz CT molecular complexity index is 496. The monoisotopic (exact) mass is 340 g/mol. The van der Waals surface area contributed by atoms with Crippen molar-refractivity contribution in [2.75, 3.05) is 0 Å². The van der Waals surface area contributed by atoms with Crippen LogP contribution in [0.15, 0.2) is 36.5 Å². The predicted molar refractivity (Wildman–Crippen MR) is 82.1 cm³/mol. The maximum absolute atomic E-state index is 11.4. The van der Waals surface area contributed by atoms with Crippen LogP contribution in [0.3, 0.4) is 0 Å². The zero-order valence-corrected chi connectivity index (χ0v) is 13.9. The average Bonchev–Trinajstić information content (AvgIpc) is 2.45. The van der Waals surface area contributed by atoms with Crippen molar-refractivity contribution in [2.45, 2.75) is 40.3 Å². The first kappa shape index (κ1) is 21.1. The lowest BCUT2D eigenvalue weighted by Crippen LogP contribution is -2.21. The highest BCUT2D eigenvalue weighted by molar-refractivity contribution is 5.92. The second-order valence-electron chi connectivity index (χ2n) is 4.22. The first-order valence-corrected chi connectivity index (χ1v) is 7.04. The topological polar surface area (TPSA) is 105 Å². The molecular weight excluding hydrogens is 320 g/mol. The maximum Gasteiger partial charge on any atom is 0.334 e. The normalized spacial score (nSPS) is 13.7. The van der Waals surface area contributed by atoms with Crippen LogP contribution < -0.4 is 0 Å². The number of allylic oxidation sites excluding steroid dienone is 2. The average molecular weight is 340 g/mol. The minimum Gasteiger partial charge on any atom is -0.422 e. The molecule has 0 heterocycles.